The Labute approximate surface area is 169 Å². The van der Waals surface area contributed by atoms with Crippen molar-refractivity contribution in [3.63, 3.8) is 0 Å². The van der Waals surface area contributed by atoms with Crippen LogP contribution in [0.4, 0.5) is 5.69 Å². The number of hydrogen-bond donors (Lipinski definition) is 2. The summed E-state index contributed by atoms with van der Waals surface area (Å²) in [5.74, 6) is 0.894. The molecule has 0 bridgehead atoms. The number of fused-ring (bicyclic) bond motifs is 1. The van der Waals surface area contributed by atoms with Crippen LogP contribution >= 0.6 is 0 Å². The predicted octanol–water partition coefficient (Wildman–Crippen LogP) is 1.89. The van der Waals surface area contributed by atoms with Gasteiger partial charge in [-0.1, -0.05) is 18.2 Å². The molecule has 7 nitrogen and oxygen atoms in total. The molecule has 29 heavy (non-hydrogen) atoms. The first-order valence-corrected chi connectivity index (χ1v) is 10.0. The Kier molecular flexibility index (Phi) is 4.20. The molecule has 2 heterocycles. The number of amides is 2. The minimum absolute atomic E-state index is 0.00144. The number of piperazine rings is 1. The maximum absolute atomic E-state index is 12.9. The van der Waals surface area contributed by atoms with Gasteiger partial charge in [0, 0.05) is 31.7 Å². The summed E-state index contributed by atoms with van der Waals surface area (Å²) in [6, 6.07) is 13.7. The molecular weight excluding hydrogens is 368 g/mol. The number of nitrogens with one attached hydrogen (secondary N) is 1. The molecule has 2 fully saturated rings. The monoisotopic (exact) mass is 392 g/mol. The molecule has 3 aliphatic rings. The fourth-order valence-corrected chi connectivity index (χ4v) is 3.93. The highest BCUT2D eigenvalue weighted by molar-refractivity contribution is 5.95. The van der Waals surface area contributed by atoms with Crippen molar-refractivity contribution in [3.8, 4) is 16.9 Å². The van der Waals surface area contributed by atoms with Crippen LogP contribution in [0.2, 0.25) is 0 Å². The largest absolute Gasteiger partial charge is 0.471 e. The van der Waals surface area contributed by atoms with Crippen molar-refractivity contribution in [1.29, 1.82) is 0 Å². The highest BCUT2D eigenvalue weighted by atomic mass is 16.5. The van der Waals surface area contributed by atoms with Gasteiger partial charge in [-0.15, -0.1) is 0 Å². The Morgan fingerprint density at radius 2 is 1.59 bits per heavy atom. The number of nitrogens with two attached hydrogens (primary N) is 1. The molecule has 1 saturated carbocycles. The van der Waals surface area contributed by atoms with Gasteiger partial charge in [-0.05, 0) is 48.2 Å². The first-order valence-electron chi connectivity index (χ1n) is 10.0. The summed E-state index contributed by atoms with van der Waals surface area (Å²) < 4.78 is 5.46. The van der Waals surface area contributed by atoms with Crippen LogP contribution in [-0.4, -0.2) is 60.1 Å². The summed E-state index contributed by atoms with van der Waals surface area (Å²) in [6.07, 6.45) is 1.54. The Bertz CT molecular complexity index is 961. The van der Waals surface area contributed by atoms with Crippen molar-refractivity contribution in [3.05, 3.63) is 48.0 Å². The van der Waals surface area contributed by atoms with E-state index in [4.69, 9.17) is 10.5 Å². The maximum Gasteiger partial charge on any atom is 0.253 e. The lowest BCUT2D eigenvalue weighted by atomic mass is 10.0. The molecule has 1 saturated heterocycles. The van der Waals surface area contributed by atoms with Crippen LogP contribution in [0.25, 0.3) is 11.1 Å². The number of rotatable bonds is 3. The van der Waals surface area contributed by atoms with Gasteiger partial charge in [0.05, 0.1) is 11.2 Å². The zero-order valence-corrected chi connectivity index (χ0v) is 16.2. The first-order chi connectivity index (χ1) is 14.0. The highest BCUT2D eigenvalue weighted by Crippen LogP contribution is 2.35. The number of anilines is 1. The molecule has 1 aliphatic carbocycles. The number of nitrogens with zero attached hydrogens (tertiary/aromatic N) is 2. The second-order valence-corrected chi connectivity index (χ2v) is 7.99. The highest BCUT2D eigenvalue weighted by Gasteiger charge is 2.48. The number of carbonyl (C=O) groups is 2. The average Bonchev–Trinajstić information content (AvgIpc) is 3.34. The Balaban J connectivity index is 1.23. The Hall–Kier alpha value is -3.06. The number of carbonyl (C=O) groups excluding carboxylic acids is 2. The first kappa shape index (κ1) is 18.0. The van der Waals surface area contributed by atoms with Gasteiger partial charge in [0.25, 0.3) is 5.91 Å². The number of benzene rings is 2. The van der Waals surface area contributed by atoms with Crippen molar-refractivity contribution >= 4 is 17.5 Å². The third-order valence-electron chi connectivity index (χ3n) is 6.00. The van der Waals surface area contributed by atoms with E-state index in [1.807, 2.05) is 41.3 Å². The van der Waals surface area contributed by atoms with Crippen LogP contribution in [0.3, 0.4) is 0 Å². The molecule has 2 amide bonds. The molecule has 0 atom stereocenters. The second kappa shape index (κ2) is 6.77. The van der Waals surface area contributed by atoms with Gasteiger partial charge in [-0.25, -0.2) is 0 Å². The lowest BCUT2D eigenvalue weighted by Crippen LogP contribution is -2.55. The van der Waals surface area contributed by atoms with E-state index < -0.39 is 5.54 Å². The van der Waals surface area contributed by atoms with Crippen LogP contribution in [0, 0.1) is 0 Å². The Morgan fingerprint density at radius 1 is 0.931 bits per heavy atom. The normalized spacial score (nSPS) is 19.2. The fraction of sp³-hybridized carbons (Fsp3) is 0.364. The summed E-state index contributed by atoms with van der Waals surface area (Å²) in [7, 11) is 0. The third-order valence-corrected chi connectivity index (χ3v) is 6.00. The standard InChI is InChI=1S/C22H24N4O3/c23-22(7-8-22)21(28)26-11-9-25(10-12-26)20(27)16-3-1-15(2-4-16)17-5-6-19-18(13-17)24-14-29-19/h1-6,13,24H,7-12,14,23H2. The average molecular weight is 392 g/mol. The van der Waals surface area contributed by atoms with Gasteiger partial charge in [0.2, 0.25) is 5.91 Å². The molecule has 0 aromatic heterocycles. The molecular formula is C22H24N4O3. The Morgan fingerprint density at radius 3 is 2.28 bits per heavy atom. The van der Waals surface area contributed by atoms with Crippen molar-refractivity contribution in [2.45, 2.75) is 18.4 Å². The van der Waals surface area contributed by atoms with Crippen LogP contribution < -0.4 is 15.8 Å². The van der Waals surface area contributed by atoms with E-state index >= 15 is 0 Å². The molecule has 5 rings (SSSR count). The van der Waals surface area contributed by atoms with Crippen molar-refractivity contribution < 1.29 is 14.3 Å². The van der Waals surface area contributed by atoms with Crippen LogP contribution in [-0.2, 0) is 4.79 Å². The van der Waals surface area contributed by atoms with Gasteiger partial charge >= 0.3 is 0 Å². The minimum atomic E-state index is -0.638. The van der Waals surface area contributed by atoms with Crippen LogP contribution in [0.5, 0.6) is 5.75 Å². The van der Waals surface area contributed by atoms with Crippen LogP contribution in [0.15, 0.2) is 42.5 Å². The summed E-state index contributed by atoms with van der Waals surface area (Å²) in [6.45, 7) is 2.67. The lowest BCUT2D eigenvalue weighted by molar-refractivity contribution is -0.135. The van der Waals surface area contributed by atoms with E-state index in [-0.39, 0.29) is 11.8 Å². The zero-order chi connectivity index (χ0) is 20.0. The molecule has 2 aromatic rings. The molecule has 3 N–H and O–H groups in total. The topological polar surface area (TPSA) is 87.9 Å². The smallest absolute Gasteiger partial charge is 0.253 e. The van der Waals surface area contributed by atoms with Crippen molar-refractivity contribution in [1.82, 2.24) is 9.80 Å². The van der Waals surface area contributed by atoms with Gasteiger partial charge < -0.3 is 25.6 Å². The lowest BCUT2D eigenvalue weighted by Gasteiger charge is -2.36. The van der Waals surface area contributed by atoms with E-state index in [0.717, 1.165) is 35.4 Å². The van der Waals surface area contributed by atoms with E-state index in [1.54, 1.807) is 4.90 Å². The summed E-state index contributed by atoms with van der Waals surface area (Å²) in [5.41, 5.74) is 9.15. The molecule has 150 valence electrons. The van der Waals surface area contributed by atoms with Crippen LogP contribution in [0.1, 0.15) is 23.2 Å². The molecule has 2 aliphatic heterocycles. The fourth-order valence-electron chi connectivity index (χ4n) is 3.93. The van der Waals surface area contributed by atoms with E-state index in [1.165, 1.54) is 0 Å². The third kappa shape index (κ3) is 3.31. The number of ether oxygens (including phenoxy) is 1. The van der Waals surface area contributed by atoms with E-state index in [9.17, 15) is 9.59 Å². The predicted molar refractivity (Wildman–Crippen MR) is 110 cm³/mol. The quantitative estimate of drug-likeness (QED) is 0.833. The number of hydrogen-bond acceptors (Lipinski definition) is 5. The zero-order valence-electron chi connectivity index (χ0n) is 16.2. The summed E-state index contributed by atoms with van der Waals surface area (Å²) >= 11 is 0. The van der Waals surface area contributed by atoms with E-state index in [2.05, 4.69) is 11.4 Å². The summed E-state index contributed by atoms with van der Waals surface area (Å²) in [4.78, 5) is 28.8. The molecule has 0 radical (unpaired) electrons. The van der Waals surface area contributed by atoms with Gasteiger partial charge in [0.15, 0.2) is 6.73 Å². The van der Waals surface area contributed by atoms with E-state index in [0.29, 0.717) is 38.5 Å². The molecule has 7 heteroatoms. The van der Waals surface area contributed by atoms with Crippen molar-refractivity contribution in [2.75, 3.05) is 38.2 Å². The minimum Gasteiger partial charge on any atom is -0.471 e. The second-order valence-electron chi connectivity index (χ2n) is 7.99. The molecule has 0 spiro atoms. The van der Waals surface area contributed by atoms with Gasteiger partial charge in [0.1, 0.15) is 5.75 Å². The molecule has 2 aromatic carbocycles. The summed E-state index contributed by atoms with van der Waals surface area (Å²) in [5, 5.41) is 3.19. The molecule has 0 unspecified atom stereocenters. The van der Waals surface area contributed by atoms with Crippen molar-refractivity contribution in [2.24, 2.45) is 5.73 Å². The van der Waals surface area contributed by atoms with Gasteiger partial charge in [-0.3, -0.25) is 9.59 Å². The maximum atomic E-state index is 12.9. The van der Waals surface area contributed by atoms with Gasteiger partial charge in [-0.2, -0.15) is 0 Å². The SMILES string of the molecule is NC1(C(=O)N2CCN(C(=O)c3ccc(-c4ccc5c(c4)NCO5)cc3)CC2)CC1.